The maximum atomic E-state index is 12.3. The molecule has 1 amide bonds. The van der Waals surface area contributed by atoms with Gasteiger partial charge in [0.2, 0.25) is 0 Å². The number of hydrogen-bond acceptors (Lipinski definition) is 6. The minimum Gasteiger partial charge on any atom is -0.481 e. The van der Waals surface area contributed by atoms with E-state index >= 15 is 0 Å². The number of rotatable bonds is 4. The molecule has 0 atom stereocenters. The zero-order valence-corrected chi connectivity index (χ0v) is 13.4. The van der Waals surface area contributed by atoms with Gasteiger partial charge in [-0.25, -0.2) is 0 Å². The molecule has 0 radical (unpaired) electrons. The Labute approximate surface area is 141 Å². The standard InChI is InChI=1S/C15H11N3O3S2/c19-13(20)3-6-18-14(21)12(23-15(18)22)8-9-1-2-10-11(7-9)17-5-4-16-10/h1-2,4-5,7-8H,3,6H2,(H,19,20)/b12-8-. The molecule has 1 aliphatic rings. The van der Waals surface area contributed by atoms with Crippen molar-refractivity contribution in [3.63, 3.8) is 0 Å². The van der Waals surface area contributed by atoms with Gasteiger partial charge in [0.25, 0.3) is 5.91 Å². The number of aromatic nitrogens is 2. The van der Waals surface area contributed by atoms with Crippen LogP contribution in [0.5, 0.6) is 0 Å². The van der Waals surface area contributed by atoms with Crippen LogP contribution in [0.1, 0.15) is 12.0 Å². The Morgan fingerprint density at radius 1 is 1.30 bits per heavy atom. The minimum atomic E-state index is -0.962. The number of carbonyl (C=O) groups excluding carboxylic acids is 1. The van der Waals surface area contributed by atoms with Gasteiger partial charge >= 0.3 is 5.97 Å². The van der Waals surface area contributed by atoms with E-state index in [0.29, 0.717) is 9.23 Å². The molecule has 1 N–H and O–H groups in total. The molecule has 0 unspecified atom stereocenters. The average Bonchev–Trinajstić information content (AvgIpc) is 2.79. The van der Waals surface area contributed by atoms with Gasteiger partial charge in [0.1, 0.15) is 4.32 Å². The molecule has 2 aromatic rings. The molecule has 0 aliphatic carbocycles. The SMILES string of the molecule is O=C(O)CCN1C(=O)/C(=C/c2ccc3nccnc3c2)SC1=S. The van der Waals surface area contributed by atoms with E-state index in [0.717, 1.165) is 16.6 Å². The van der Waals surface area contributed by atoms with Crippen LogP contribution in [-0.2, 0) is 9.59 Å². The van der Waals surface area contributed by atoms with Crippen molar-refractivity contribution >= 4 is 57.3 Å². The number of nitrogens with zero attached hydrogens (tertiary/aromatic N) is 3. The highest BCUT2D eigenvalue weighted by Crippen LogP contribution is 2.32. The van der Waals surface area contributed by atoms with Crippen molar-refractivity contribution in [2.45, 2.75) is 6.42 Å². The van der Waals surface area contributed by atoms with Crippen molar-refractivity contribution in [1.29, 1.82) is 0 Å². The number of benzene rings is 1. The van der Waals surface area contributed by atoms with Gasteiger partial charge in [-0.1, -0.05) is 30.0 Å². The van der Waals surface area contributed by atoms with Crippen LogP contribution in [0, 0.1) is 0 Å². The van der Waals surface area contributed by atoms with E-state index in [4.69, 9.17) is 17.3 Å². The molecule has 0 saturated carbocycles. The van der Waals surface area contributed by atoms with Crippen molar-refractivity contribution in [3.05, 3.63) is 41.1 Å². The topological polar surface area (TPSA) is 83.4 Å². The van der Waals surface area contributed by atoms with Crippen LogP contribution >= 0.6 is 24.0 Å². The van der Waals surface area contributed by atoms with Crippen LogP contribution in [0.3, 0.4) is 0 Å². The summed E-state index contributed by atoms with van der Waals surface area (Å²) < 4.78 is 0.378. The number of aliphatic carboxylic acids is 1. The Morgan fingerprint density at radius 2 is 2.04 bits per heavy atom. The molecule has 116 valence electrons. The lowest BCUT2D eigenvalue weighted by molar-refractivity contribution is -0.137. The van der Waals surface area contributed by atoms with Gasteiger partial charge in [-0.05, 0) is 23.8 Å². The van der Waals surface area contributed by atoms with Gasteiger partial charge in [0.05, 0.1) is 22.4 Å². The number of thiocarbonyl (C=S) groups is 1. The summed E-state index contributed by atoms with van der Waals surface area (Å²) in [6.45, 7) is 0.0839. The monoisotopic (exact) mass is 345 g/mol. The molecular formula is C15H11N3O3S2. The third-order valence-corrected chi connectivity index (χ3v) is 4.59. The number of carboxylic acid groups (broad SMARTS) is 1. The quantitative estimate of drug-likeness (QED) is 0.672. The van der Waals surface area contributed by atoms with Gasteiger partial charge in [-0.3, -0.25) is 24.5 Å². The summed E-state index contributed by atoms with van der Waals surface area (Å²) in [7, 11) is 0. The van der Waals surface area contributed by atoms with Crippen LogP contribution in [0.4, 0.5) is 0 Å². The van der Waals surface area contributed by atoms with Crippen LogP contribution in [0.15, 0.2) is 35.5 Å². The first-order chi connectivity index (χ1) is 11.0. The average molecular weight is 345 g/mol. The molecule has 3 rings (SSSR count). The first kappa shape index (κ1) is 15.6. The lowest BCUT2D eigenvalue weighted by Crippen LogP contribution is -2.30. The fraction of sp³-hybridized carbons (Fsp3) is 0.133. The van der Waals surface area contributed by atoms with Gasteiger partial charge in [0.15, 0.2) is 0 Å². The number of hydrogen-bond donors (Lipinski definition) is 1. The Balaban J connectivity index is 1.85. The van der Waals surface area contributed by atoms with E-state index in [1.807, 2.05) is 18.2 Å². The largest absolute Gasteiger partial charge is 0.481 e. The van der Waals surface area contributed by atoms with E-state index < -0.39 is 5.97 Å². The third-order valence-electron chi connectivity index (χ3n) is 3.21. The number of thioether (sulfide) groups is 1. The summed E-state index contributed by atoms with van der Waals surface area (Å²) in [4.78, 5) is 33.2. The minimum absolute atomic E-state index is 0.0839. The molecule has 1 aliphatic heterocycles. The molecule has 1 saturated heterocycles. The maximum absolute atomic E-state index is 12.3. The summed E-state index contributed by atoms with van der Waals surface area (Å²) in [5, 5.41) is 8.73. The zero-order chi connectivity index (χ0) is 16.4. The Bertz CT molecular complexity index is 851. The molecule has 1 fully saturated rings. The summed E-state index contributed by atoms with van der Waals surface area (Å²) in [6.07, 6.45) is 4.83. The first-order valence-electron chi connectivity index (χ1n) is 6.72. The van der Waals surface area contributed by atoms with Crippen molar-refractivity contribution in [2.75, 3.05) is 6.54 Å². The Morgan fingerprint density at radius 3 is 2.78 bits per heavy atom. The normalized spacial score (nSPS) is 16.5. The summed E-state index contributed by atoms with van der Waals surface area (Å²) in [5.41, 5.74) is 2.33. The van der Waals surface area contributed by atoms with Gasteiger partial charge in [-0.2, -0.15) is 0 Å². The highest BCUT2D eigenvalue weighted by molar-refractivity contribution is 8.26. The summed E-state index contributed by atoms with van der Waals surface area (Å²) in [6, 6.07) is 5.52. The molecule has 1 aromatic heterocycles. The molecule has 23 heavy (non-hydrogen) atoms. The lowest BCUT2D eigenvalue weighted by atomic mass is 10.1. The molecule has 8 heteroatoms. The predicted molar refractivity (Wildman–Crippen MR) is 91.7 cm³/mol. The predicted octanol–water partition coefficient (Wildman–Crippen LogP) is 2.31. The van der Waals surface area contributed by atoms with Gasteiger partial charge in [-0.15, -0.1) is 0 Å². The van der Waals surface area contributed by atoms with Crippen molar-refractivity contribution in [1.82, 2.24) is 14.9 Å². The second-order valence-corrected chi connectivity index (χ2v) is 6.46. The van der Waals surface area contributed by atoms with E-state index in [1.165, 1.54) is 16.7 Å². The van der Waals surface area contributed by atoms with Gasteiger partial charge < -0.3 is 5.11 Å². The molecule has 1 aromatic carbocycles. The number of amides is 1. The fourth-order valence-electron chi connectivity index (χ4n) is 2.12. The van der Waals surface area contributed by atoms with E-state index in [9.17, 15) is 9.59 Å². The van der Waals surface area contributed by atoms with Crippen LogP contribution < -0.4 is 0 Å². The molecule has 6 nitrogen and oxygen atoms in total. The number of fused-ring (bicyclic) bond motifs is 1. The highest BCUT2D eigenvalue weighted by atomic mass is 32.2. The van der Waals surface area contributed by atoms with E-state index in [-0.39, 0.29) is 18.9 Å². The molecular weight excluding hydrogens is 334 g/mol. The van der Waals surface area contributed by atoms with Crippen LogP contribution in [0.2, 0.25) is 0 Å². The van der Waals surface area contributed by atoms with Gasteiger partial charge in [0, 0.05) is 18.9 Å². The van der Waals surface area contributed by atoms with Crippen molar-refractivity contribution < 1.29 is 14.7 Å². The number of carbonyl (C=O) groups is 2. The summed E-state index contributed by atoms with van der Waals surface area (Å²) >= 11 is 6.33. The van der Waals surface area contributed by atoms with Crippen LogP contribution in [0.25, 0.3) is 17.1 Å². The fourth-order valence-corrected chi connectivity index (χ4v) is 3.43. The second kappa shape index (κ2) is 6.43. The highest BCUT2D eigenvalue weighted by Gasteiger charge is 2.32. The van der Waals surface area contributed by atoms with E-state index in [2.05, 4.69) is 9.97 Å². The molecule has 2 heterocycles. The van der Waals surface area contributed by atoms with Crippen molar-refractivity contribution in [2.24, 2.45) is 0 Å². The smallest absolute Gasteiger partial charge is 0.305 e. The number of carboxylic acids is 1. The lowest BCUT2D eigenvalue weighted by Gasteiger charge is -2.12. The first-order valence-corrected chi connectivity index (χ1v) is 7.95. The zero-order valence-electron chi connectivity index (χ0n) is 11.8. The Kier molecular flexibility index (Phi) is 4.35. The second-order valence-electron chi connectivity index (χ2n) is 4.78. The molecule has 0 bridgehead atoms. The van der Waals surface area contributed by atoms with Crippen molar-refractivity contribution in [3.8, 4) is 0 Å². The summed E-state index contributed by atoms with van der Waals surface area (Å²) in [5.74, 6) is -1.23. The molecule has 0 spiro atoms. The van der Waals surface area contributed by atoms with Crippen LogP contribution in [-0.4, -0.2) is 42.7 Å². The van der Waals surface area contributed by atoms with E-state index in [1.54, 1.807) is 18.5 Å². The third kappa shape index (κ3) is 3.38. The Hall–Kier alpha value is -2.32. The maximum Gasteiger partial charge on any atom is 0.305 e.